The van der Waals surface area contributed by atoms with Gasteiger partial charge in [-0.2, -0.15) is 0 Å². The van der Waals surface area contributed by atoms with Gasteiger partial charge in [0, 0.05) is 10.8 Å². The average Bonchev–Trinajstić information content (AvgIpc) is 3.75. The maximum atomic E-state index is 6.18. The lowest BCUT2D eigenvalue weighted by Gasteiger charge is -2.14. The number of hydrogen-bond donors (Lipinski definition) is 0. The topological polar surface area (TPSA) is 13.1 Å². The molecular formula is C39H22O. The van der Waals surface area contributed by atoms with Gasteiger partial charge in [-0.3, -0.25) is 0 Å². The average molecular weight is 507 g/mol. The van der Waals surface area contributed by atoms with Crippen LogP contribution in [0.2, 0.25) is 0 Å². The van der Waals surface area contributed by atoms with Crippen LogP contribution in [0, 0.1) is 0 Å². The van der Waals surface area contributed by atoms with E-state index in [9.17, 15) is 0 Å². The van der Waals surface area contributed by atoms with Gasteiger partial charge in [0.25, 0.3) is 0 Å². The van der Waals surface area contributed by atoms with Gasteiger partial charge in [0.2, 0.25) is 0 Å². The maximum absolute atomic E-state index is 6.18. The normalized spacial score (nSPS) is 14.2. The van der Waals surface area contributed by atoms with Gasteiger partial charge in [-0.1, -0.05) is 66.7 Å². The summed E-state index contributed by atoms with van der Waals surface area (Å²) >= 11 is 0. The first kappa shape index (κ1) is 20.1. The Morgan fingerprint density at radius 2 is 1.00 bits per heavy atom. The second kappa shape index (κ2) is 6.63. The van der Waals surface area contributed by atoms with Gasteiger partial charge >= 0.3 is 0 Å². The summed E-state index contributed by atoms with van der Waals surface area (Å²) in [7, 11) is 0. The minimum atomic E-state index is 0.957. The highest BCUT2D eigenvalue weighted by Gasteiger charge is 2.34. The predicted octanol–water partition coefficient (Wildman–Crippen LogP) is 10.1. The first-order chi connectivity index (χ1) is 19.8. The predicted molar refractivity (Wildman–Crippen MR) is 166 cm³/mol. The minimum absolute atomic E-state index is 0.957. The molecule has 184 valence electrons. The molecule has 0 aliphatic heterocycles. The molecule has 3 aliphatic carbocycles. The Morgan fingerprint density at radius 3 is 1.85 bits per heavy atom. The molecule has 1 heteroatoms. The molecule has 0 unspecified atom stereocenters. The molecule has 0 spiro atoms. The molecule has 11 rings (SSSR count). The maximum Gasteiger partial charge on any atom is 0.135 e. The van der Waals surface area contributed by atoms with Crippen molar-refractivity contribution < 1.29 is 4.42 Å². The number of para-hydroxylation sites is 1. The number of fused-ring (bicyclic) bond motifs is 3. The highest BCUT2D eigenvalue weighted by atomic mass is 16.3. The molecule has 1 nitrogen and oxygen atoms in total. The molecule has 3 aliphatic rings. The molecule has 40 heavy (non-hydrogen) atoms. The third kappa shape index (κ3) is 2.22. The highest BCUT2D eigenvalue weighted by molar-refractivity contribution is 6.34. The second-order valence-corrected chi connectivity index (χ2v) is 12.0. The molecular weight excluding hydrogens is 484 g/mol. The molecule has 1 heterocycles. The van der Waals surface area contributed by atoms with Crippen LogP contribution < -0.4 is 0 Å². The van der Waals surface area contributed by atoms with Crippen molar-refractivity contribution in [1.82, 2.24) is 0 Å². The van der Waals surface area contributed by atoms with E-state index in [2.05, 4.69) is 91.0 Å². The van der Waals surface area contributed by atoms with Gasteiger partial charge in [0.1, 0.15) is 11.2 Å². The molecule has 0 radical (unpaired) electrons. The standard InChI is InChI=1S/C39H22O/c1-2-6-20(7-3-1)27-18-25-19-31-28(21-12-13-33-29(15-21)26-8-4-5-9-32(26)40-33)17-24-14-22-10-11-23-16-30(27)38-35(23)34(22)36(24)39(31)37(25)38/h1-13,15,17-18H,14,16,19H2. The van der Waals surface area contributed by atoms with Crippen molar-refractivity contribution in [2.75, 3.05) is 0 Å². The van der Waals surface area contributed by atoms with E-state index in [1.165, 1.54) is 93.3 Å². The van der Waals surface area contributed by atoms with Gasteiger partial charge in [0.15, 0.2) is 0 Å². The van der Waals surface area contributed by atoms with E-state index in [1.807, 2.05) is 6.07 Å². The Hall–Kier alpha value is -4.88. The Kier molecular flexibility index (Phi) is 3.33. The van der Waals surface area contributed by atoms with Gasteiger partial charge in [-0.05, 0) is 138 Å². The number of rotatable bonds is 2. The molecule has 0 atom stereocenters. The van der Waals surface area contributed by atoms with Gasteiger partial charge in [-0.25, -0.2) is 0 Å². The van der Waals surface area contributed by atoms with Crippen molar-refractivity contribution in [3.8, 4) is 22.3 Å². The Labute approximate surface area is 230 Å². The Balaban J connectivity index is 1.28. The van der Waals surface area contributed by atoms with Gasteiger partial charge in [0.05, 0.1) is 0 Å². The summed E-state index contributed by atoms with van der Waals surface area (Å²) < 4.78 is 6.18. The van der Waals surface area contributed by atoms with Gasteiger partial charge in [-0.15, -0.1) is 0 Å². The lowest BCUT2D eigenvalue weighted by Crippen LogP contribution is -1.92. The first-order valence-electron chi connectivity index (χ1n) is 14.3. The van der Waals surface area contributed by atoms with Crippen molar-refractivity contribution in [2.24, 2.45) is 0 Å². The lowest BCUT2D eigenvalue weighted by molar-refractivity contribution is 0.669. The minimum Gasteiger partial charge on any atom is -0.456 e. The van der Waals surface area contributed by atoms with E-state index >= 15 is 0 Å². The smallest absolute Gasteiger partial charge is 0.135 e. The molecule has 0 amide bonds. The van der Waals surface area contributed by atoms with E-state index < -0.39 is 0 Å². The zero-order valence-electron chi connectivity index (χ0n) is 21.8. The van der Waals surface area contributed by atoms with E-state index in [1.54, 1.807) is 5.39 Å². The van der Waals surface area contributed by atoms with Crippen molar-refractivity contribution in [2.45, 2.75) is 19.3 Å². The van der Waals surface area contributed by atoms with Crippen LogP contribution in [0.1, 0.15) is 33.4 Å². The fraction of sp³-hybridized carbons (Fsp3) is 0.0769. The molecule has 1 aromatic heterocycles. The molecule has 0 fully saturated rings. The van der Waals surface area contributed by atoms with Crippen LogP contribution >= 0.6 is 0 Å². The van der Waals surface area contributed by atoms with E-state index in [4.69, 9.17) is 4.42 Å². The second-order valence-electron chi connectivity index (χ2n) is 12.0. The lowest BCUT2D eigenvalue weighted by atomic mass is 9.89. The number of furan rings is 1. The van der Waals surface area contributed by atoms with Crippen LogP contribution in [0.5, 0.6) is 0 Å². The summed E-state index contributed by atoms with van der Waals surface area (Å²) in [6, 6.07) is 36.1. The summed E-state index contributed by atoms with van der Waals surface area (Å²) in [6.45, 7) is 0. The van der Waals surface area contributed by atoms with Crippen LogP contribution in [0.4, 0.5) is 0 Å². The van der Waals surface area contributed by atoms with Crippen molar-refractivity contribution in [3.63, 3.8) is 0 Å². The van der Waals surface area contributed by atoms with Crippen LogP contribution in [-0.2, 0) is 19.3 Å². The van der Waals surface area contributed by atoms with E-state index in [0.29, 0.717) is 0 Å². The summed E-state index contributed by atoms with van der Waals surface area (Å²) in [6.07, 6.45) is 3.05. The fourth-order valence-corrected chi connectivity index (χ4v) is 8.50. The zero-order valence-corrected chi connectivity index (χ0v) is 21.8. The number of benzene rings is 7. The molecule has 0 saturated heterocycles. The third-order valence-electron chi connectivity index (χ3n) is 10.0. The largest absolute Gasteiger partial charge is 0.456 e. The monoisotopic (exact) mass is 506 g/mol. The summed E-state index contributed by atoms with van der Waals surface area (Å²) in [5.74, 6) is 0. The zero-order chi connectivity index (χ0) is 25.7. The Bertz CT molecular complexity index is 2490. The van der Waals surface area contributed by atoms with Crippen LogP contribution in [0.3, 0.4) is 0 Å². The SMILES string of the molecule is c1ccc(-c2cc3c4c5c2Cc2ccc6c(c25)c2c(cc(-c5ccc7oc8ccccc8c7c5)c(c24)C3)C6)cc1. The molecule has 8 aromatic rings. The third-order valence-corrected chi connectivity index (χ3v) is 10.0. The van der Waals surface area contributed by atoms with Crippen molar-refractivity contribution >= 4 is 54.3 Å². The molecule has 0 saturated carbocycles. The summed E-state index contributed by atoms with van der Waals surface area (Å²) in [5.41, 5.74) is 16.4. The molecule has 0 N–H and O–H groups in total. The van der Waals surface area contributed by atoms with Gasteiger partial charge < -0.3 is 4.42 Å². The van der Waals surface area contributed by atoms with Crippen LogP contribution in [-0.4, -0.2) is 0 Å². The van der Waals surface area contributed by atoms with Crippen LogP contribution in [0.15, 0.2) is 101 Å². The van der Waals surface area contributed by atoms with Crippen LogP contribution in [0.25, 0.3) is 76.5 Å². The summed E-state index contributed by atoms with van der Waals surface area (Å²) in [5, 5.41) is 11.6. The van der Waals surface area contributed by atoms with Crippen molar-refractivity contribution in [3.05, 3.63) is 130 Å². The summed E-state index contributed by atoms with van der Waals surface area (Å²) in [4.78, 5) is 0. The van der Waals surface area contributed by atoms with E-state index in [0.717, 1.165) is 30.4 Å². The quantitative estimate of drug-likeness (QED) is 0.213. The highest BCUT2D eigenvalue weighted by Crippen LogP contribution is 2.56. The first-order valence-corrected chi connectivity index (χ1v) is 14.3. The Morgan fingerprint density at radius 1 is 0.400 bits per heavy atom. The fourth-order valence-electron chi connectivity index (χ4n) is 8.50. The van der Waals surface area contributed by atoms with E-state index in [-0.39, 0.29) is 0 Å². The molecule has 0 bridgehead atoms. The number of hydrogen-bond acceptors (Lipinski definition) is 1. The van der Waals surface area contributed by atoms with Crippen molar-refractivity contribution in [1.29, 1.82) is 0 Å². The molecule has 7 aromatic carbocycles.